The zero-order valence-electron chi connectivity index (χ0n) is 16.3. The molecule has 1 aromatic rings. The van der Waals surface area contributed by atoms with Crippen LogP contribution in [0.5, 0.6) is 0 Å². The van der Waals surface area contributed by atoms with Crippen molar-refractivity contribution >= 4 is 11.9 Å². The topological polar surface area (TPSA) is 65.5 Å². The average molecular weight is 359 g/mol. The normalized spacial score (nSPS) is 15.1. The summed E-state index contributed by atoms with van der Waals surface area (Å²) >= 11 is 0. The van der Waals surface area contributed by atoms with Crippen molar-refractivity contribution in [2.45, 2.75) is 58.4 Å². The fraction of sp³-hybridized carbons (Fsp3) is 0.619. The molecular formula is C21H34N4O. The van der Waals surface area contributed by atoms with Crippen molar-refractivity contribution in [3.05, 3.63) is 35.4 Å². The molecule has 0 atom stereocenters. The molecule has 0 bridgehead atoms. The minimum atomic E-state index is -0.0286. The highest BCUT2D eigenvalue weighted by atomic mass is 16.1. The SMILES string of the molecule is CCNC(=O)c1cccc(CNC(=NC)NCCCCC2CCCC2)c1. The zero-order valence-corrected chi connectivity index (χ0v) is 16.3. The number of unbranched alkanes of at least 4 members (excludes halogenated alkanes) is 1. The highest BCUT2D eigenvalue weighted by Crippen LogP contribution is 2.28. The molecule has 5 nitrogen and oxygen atoms in total. The molecule has 0 heterocycles. The van der Waals surface area contributed by atoms with E-state index in [1.54, 1.807) is 7.05 Å². The molecule has 1 saturated carbocycles. The van der Waals surface area contributed by atoms with Crippen LogP contribution >= 0.6 is 0 Å². The Morgan fingerprint density at radius 2 is 1.96 bits per heavy atom. The first-order valence-electron chi connectivity index (χ1n) is 10.0. The lowest BCUT2D eigenvalue weighted by atomic mass is 10.0. The van der Waals surface area contributed by atoms with Crippen molar-refractivity contribution in [2.75, 3.05) is 20.1 Å². The number of hydrogen-bond donors (Lipinski definition) is 3. The van der Waals surface area contributed by atoms with Gasteiger partial charge >= 0.3 is 0 Å². The molecule has 0 aromatic heterocycles. The van der Waals surface area contributed by atoms with Crippen LogP contribution in [0.2, 0.25) is 0 Å². The maximum absolute atomic E-state index is 11.9. The second-order valence-corrected chi connectivity index (χ2v) is 7.06. The Morgan fingerprint density at radius 1 is 1.15 bits per heavy atom. The third kappa shape index (κ3) is 7.06. The minimum Gasteiger partial charge on any atom is -0.356 e. The lowest BCUT2D eigenvalue weighted by Crippen LogP contribution is -2.37. The number of guanidine groups is 1. The van der Waals surface area contributed by atoms with Crippen LogP contribution in [0.4, 0.5) is 0 Å². The maximum Gasteiger partial charge on any atom is 0.251 e. The molecule has 0 radical (unpaired) electrons. The Morgan fingerprint density at radius 3 is 2.69 bits per heavy atom. The van der Waals surface area contributed by atoms with Gasteiger partial charge in [-0.25, -0.2) is 0 Å². The van der Waals surface area contributed by atoms with Gasteiger partial charge in [-0.05, 0) is 37.0 Å². The van der Waals surface area contributed by atoms with Crippen molar-refractivity contribution in [2.24, 2.45) is 10.9 Å². The van der Waals surface area contributed by atoms with Gasteiger partial charge < -0.3 is 16.0 Å². The summed E-state index contributed by atoms with van der Waals surface area (Å²) in [7, 11) is 1.79. The lowest BCUT2D eigenvalue weighted by molar-refractivity contribution is 0.0955. The standard InChI is InChI=1S/C21H34N4O/c1-3-23-20(26)19-13-8-12-18(15-19)16-25-21(22-2)24-14-7-6-11-17-9-4-5-10-17/h8,12-13,15,17H,3-7,9-11,14,16H2,1-2H3,(H,23,26)(H2,22,24,25). The largest absolute Gasteiger partial charge is 0.356 e. The summed E-state index contributed by atoms with van der Waals surface area (Å²) in [5.41, 5.74) is 1.76. The third-order valence-corrected chi connectivity index (χ3v) is 5.02. The van der Waals surface area contributed by atoms with E-state index in [1.807, 2.05) is 31.2 Å². The molecule has 3 N–H and O–H groups in total. The molecule has 0 aliphatic heterocycles. The van der Waals surface area contributed by atoms with Crippen LogP contribution in [-0.4, -0.2) is 32.0 Å². The third-order valence-electron chi connectivity index (χ3n) is 5.02. The Bertz CT molecular complexity index is 579. The molecule has 26 heavy (non-hydrogen) atoms. The van der Waals surface area contributed by atoms with Gasteiger partial charge in [0.25, 0.3) is 5.91 Å². The van der Waals surface area contributed by atoms with E-state index in [0.717, 1.165) is 24.0 Å². The molecule has 1 aromatic carbocycles. The van der Waals surface area contributed by atoms with Gasteiger partial charge in [0.1, 0.15) is 0 Å². The van der Waals surface area contributed by atoms with Crippen LogP contribution < -0.4 is 16.0 Å². The molecule has 0 spiro atoms. The maximum atomic E-state index is 11.9. The Kier molecular flexibility index (Phi) is 9.01. The van der Waals surface area contributed by atoms with Crippen LogP contribution in [0.25, 0.3) is 0 Å². The van der Waals surface area contributed by atoms with Gasteiger partial charge in [-0.15, -0.1) is 0 Å². The Hall–Kier alpha value is -2.04. The number of hydrogen-bond acceptors (Lipinski definition) is 2. The summed E-state index contributed by atoms with van der Waals surface area (Å²) in [6.45, 7) is 4.16. The highest BCUT2D eigenvalue weighted by Gasteiger charge is 2.13. The van der Waals surface area contributed by atoms with E-state index < -0.39 is 0 Å². The number of nitrogens with zero attached hydrogens (tertiary/aromatic N) is 1. The first-order chi connectivity index (χ1) is 12.7. The number of aliphatic imine (C=N–C) groups is 1. The van der Waals surface area contributed by atoms with E-state index >= 15 is 0 Å². The molecule has 0 saturated heterocycles. The number of carbonyl (C=O) groups is 1. The summed E-state index contributed by atoms with van der Waals surface area (Å²) in [5.74, 6) is 1.76. The number of carbonyl (C=O) groups excluding carboxylic acids is 1. The van der Waals surface area contributed by atoms with Crippen LogP contribution in [0, 0.1) is 5.92 Å². The van der Waals surface area contributed by atoms with E-state index in [0.29, 0.717) is 18.7 Å². The number of rotatable bonds is 9. The van der Waals surface area contributed by atoms with Gasteiger partial charge in [0, 0.05) is 32.2 Å². The van der Waals surface area contributed by atoms with Crippen molar-refractivity contribution in [1.82, 2.24) is 16.0 Å². The van der Waals surface area contributed by atoms with Gasteiger partial charge in [0.2, 0.25) is 0 Å². The van der Waals surface area contributed by atoms with Crippen molar-refractivity contribution in [3.63, 3.8) is 0 Å². The van der Waals surface area contributed by atoms with E-state index in [1.165, 1.54) is 44.9 Å². The number of nitrogens with one attached hydrogen (secondary N) is 3. The van der Waals surface area contributed by atoms with Crippen LogP contribution in [0.3, 0.4) is 0 Å². The van der Waals surface area contributed by atoms with E-state index in [9.17, 15) is 4.79 Å². The fourth-order valence-electron chi connectivity index (χ4n) is 3.56. The fourth-order valence-corrected chi connectivity index (χ4v) is 3.56. The number of benzene rings is 1. The van der Waals surface area contributed by atoms with Gasteiger partial charge in [0.15, 0.2) is 5.96 Å². The molecular weight excluding hydrogens is 324 g/mol. The summed E-state index contributed by atoms with van der Waals surface area (Å²) in [4.78, 5) is 16.2. The zero-order chi connectivity index (χ0) is 18.6. The summed E-state index contributed by atoms with van der Waals surface area (Å²) in [6.07, 6.45) is 9.59. The smallest absolute Gasteiger partial charge is 0.251 e. The summed E-state index contributed by atoms with van der Waals surface area (Å²) in [6, 6.07) is 7.70. The first kappa shape index (κ1) is 20.3. The average Bonchev–Trinajstić information content (AvgIpc) is 3.18. The predicted molar refractivity (Wildman–Crippen MR) is 108 cm³/mol. The van der Waals surface area contributed by atoms with E-state index in [4.69, 9.17) is 0 Å². The van der Waals surface area contributed by atoms with Crippen molar-refractivity contribution < 1.29 is 4.79 Å². The molecule has 1 amide bonds. The molecule has 1 aliphatic carbocycles. The van der Waals surface area contributed by atoms with Gasteiger partial charge in [-0.1, -0.05) is 50.7 Å². The summed E-state index contributed by atoms with van der Waals surface area (Å²) in [5, 5.41) is 9.54. The van der Waals surface area contributed by atoms with Crippen LogP contribution in [0.1, 0.15) is 67.8 Å². The van der Waals surface area contributed by atoms with Gasteiger partial charge in [-0.2, -0.15) is 0 Å². The van der Waals surface area contributed by atoms with E-state index in [2.05, 4.69) is 20.9 Å². The summed E-state index contributed by atoms with van der Waals surface area (Å²) < 4.78 is 0. The van der Waals surface area contributed by atoms with Crippen LogP contribution in [-0.2, 0) is 6.54 Å². The molecule has 5 heteroatoms. The second-order valence-electron chi connectivity index (χ2n) is 7.06. The minimum absolute atomic E-state index is 0.0286. The Labute approximate surface area is 158 Å². The molecule has 1 aliphatic rings. The van der Waals surface area contributed by atoms with E-state index in [-0.39, 0.29) is 5.91 Å². The van der Waals surface area contributed by atoms with Crippen molar-refractivity contribution in [3.8, 4) is 0 Å². The van der Waals surface area contributed by atoms with Gasteiger partial charge in [0.05, 0.1) is 0 Å². The van der Waals surface area contributed by atoms with Crippen molar-refractivity contribution in [1.29, 1.82) is 0 Å². The quantitative estimate of drug-likeness (QED) is 0.360. The molecule has 0 unspecified atom stereocenters. The lowest BCUT2D eigenvalue weighted by Gasteiger charge is -2.13. The predicted octanol–water partition coefficient (Wildman–Crippen LogP) is 3.46. The number of amides is 1. The molecule has 144 valence electrons. The van der Waals surface area contributed by atoms with Crippen LogP contribution in [0.15, 0.2) is 29.3 Å². The molecule has 2 rings (SSSR count). The van der Waals surface area contributed by atoms with Gasteiger partial charge in [-0.3, -0.25) is 9.79 Å². The first-order valence-corrected chi connectivity index (χ1v) is 10.0. The Balaban J connectivity index is 1.67. The second kappa shape index (κ2) is 11.6. The monoisotopic (exact) mass is 358 g/mol. The molecule has 1 fully saturated rings. The highest BCUT2D eigenvalue weighted by molar-refractivity contribution is 5.94.